The summed E-state index contributed by atoms with van der Waals surface area (Å²) in [6, 6.07) is 0. The van der Waals surface area contributed by atoms with E-state index < -0.39 is 0 Å². The lowest BCUT2D eigenvalue weighted by Crippen LogP contribution is -2.11. The second kappa shape index (κ2) is 4.30. The van der Waals surface area contributed by atoms with E-state index in [1.165, 1.54) is 25.7 Å². The Hall–Kier alpha value is -0.570. The molecule has 1 heterocycles. The van der Waals surface area contributed by atoms with E-state index in [1.807, 2.05) is 0 Å². The number of alkyl halides is 1. The highest BCUT2D eigenvalue weighted by molar-refractivity contribution is 6.16. The molecular formula is C10H15ClN2O. The number of hydrogen-bond donors (Lipinski definition) is 0. The molecule has 0 saturated heterocycles. The van der Waals surface area contributed by atoms with Crippen LogP contribution in [0.4, 0.5) is 0 Å². The zero-order valence-electron chi connectivity index (χ0n) is 8.37. The van der Waals surface area contributed by atoms with Gasteiger partial charge in [0.1, 0.15) is 5.88 Å². The molecule has 4 heteroatoms. The third-order valence-electron chi connectivity index (χ3n) is 2.98. The van der Waals surface area contributed by atoms with Gasteiger partial charge in [0.2, 0.25) is 5.89 Å². The highest BCUT2D eigenvalue weighted by Crippen LogP contribution is 2.33. The monoisotopic (exact) mass is 214 g/mol. The third kappa shape index (κ3) is 2.08. The third-order valence-corrected chi connectivity index (χ3v) is 3.21. The van der Waals surface area contributed by atoms with Crippen LogP contribution in [0.25, 0.3) is 0 Å². The molecule has 0 aromatic carbocycles. The van der Waals surface area contributed by atoms with Crippen LogP contribution in [-0.4, -0.2) is 10.1 Å². The average Bonchev–Trinajstić information content (AvgIpc) is 2.67. The summed E-state index contributed by atoms with van der Waals surface area (Å²) in [7, 11) is 0. The average molecular weight is 215 g/mol. The van der Waals surface area contributed by atoms with Gasteiger partial charge in [-0.3, -0.25) is 0 Å². The second-order valence-corrected chi connectivity index (χ2v) is 4.40. The van der Waals surface area contributed by atoms with Crippen LogP contribution in [0, 0.1) is 5.92 Å². The highest BCUT2D eigenvalue weighted by Gasteiger charge is 2.23. The van der Waals surface area contributed by atoms with Crippen LogP contribution in [0.2, 0.25) is 0 Å². The molecule has 0 atom stereocenters. The predicted octanol–water partition coefficient (Wildman–Crippen LogP) is 3.10. The fourth-order valence-electron chi connectivity index (χ4n) is 2.01. The van der Waals surface area contributed by atoms with Crippen molar-refractivity contribution in [2.24, 2.45) is 5.92 Å². The molecule has 2 rings (SSSR count). The summed E-state index contributed by atoms with van der Waals surface area (Å²) in [6.45, 7) is 2.30. The van der Waals surface area contributed by atoms with Crippen molar-refractivity contribution in [2.45, 2.75) is 44.4 Å². The predicted molar refractivity (Wildman–Crippen MR) is 54.2 cm³/mol. The van der Waals surface area contributed by atoms with Crippen LogP contribution in [0.15, 0.2) is 4.52 Å². The van der Waals surface area contributed by atoms with E-state index in [1.54, 1.807) is 0 Å². The van der Waals surface area contributed by atoms with E-state index in [4.69, 9.17) is 16.1 Å². The minimum absolute atomic E-state index is 0.316. The smallest absolute Gasteiger partial charge is 0.241 e. The molecular weight excluding hydrogens is 200 g/mol. The Labute approximate surface area is 88.8 Å². The Morgan fingerprint density at radius 3 is 2.64 bits per heavy atom. The molecule has 1 aliphatic carbocycles. The molecule has 0 radical (unpaired) electrons. The van der Waals surface area contributed by atoms with Crippen molar-refractivity contribution >= 4 is 11.6 Å². The first-order valence-corrected chi connectivity index (χ1v) is 5.71. The van der Waals surface area contributed by atoms with Crippen LogP contribution in [0.5, 0.6) is 0 Å². The summed E-state index contributed by atoms with van der Waals surface area (Å²) in [4.78, 5) is 4.27. The topological polar surface area (TPSA) is 38.9 Å². The van der Waals surface area contributed by atoms with Crippen molar-refractivity contribution < 1.29 is 4.52 Å². The number of nitrogens with zero attached hydrogens (tertiary/aromatic N) is 2. The lowest BCUT2D eigenvalue weighted by atomic mass is 9.83. The quantitative estimate of drug-likeness (QED) is 0.711. The van der Waals surface area contributed by atoms with Crippen molar-refractivity contribution in [1.82, 2.24) is 10.1 Å². The van der Waals surface area contributed by atoms with Gasteiger partial charge in [0, 0.05) is 5.92 Å². The van der Waals surface area contributed by atoms with E-state index in [0.717, 1.165) is 11.7 Å². The summed E-state index contributed by atoms with van der Waals surface area (Å²) < 4.78 is 5.00. The molecule has 1 aromatic rings. The minimum Gasteiger partial charge on any atom is -0.338 e. The molecule has 78 valence electrons. The zero-order chi connectivity index (χ0) is 9.97. The first kappa shape index (κ1) is 9.97. The molecule has 1 saturated carbocycles. The van der Waals surface area contributed by atoms with Gasteiger partial charge in [-0.15, -0.1) is 11.6 Å². The lowest BCUT2D eigenvalue weighted by Gasteiger charge is -2.23. The van der Waals surface area contributed by atoms with Crippen molar-refractivity contribution in [1.29, 1.82) is 0 Å². The molecule has 14 heavy (non-hydrogen) atoms. The van der Waals surface area contributed by atoms with E-state index >= 15 is 0 Å². The van der Waals surface area contributed by atoms with Gasteiger partial charge in [-0.25, -0.2) is 0 Å². The highest BCUT2D eigenvalue weighted by atomic mass is 35.5. The number of halogens is 1. The SMILES string of the molecule is CC1CCC(c2noc(CCl)n2)CC1. The molecule has 0 amide bonds. The van der Waals surface area contributed by atoms with Crippen LogP contribution < -0.4 is 0 Å². The Morgan fingerprint density at radius 1 is 1.36 bits per heavy atom. The maximum absolute atomic E-state index is 5.61. The van der Waals surface area contributed by atoms with E-state index in [0.29, 0.717) is 17.7 Å². The molecule has 1 aromatic heterocycles. The fourth-order valence-corrected chi connectivity index (χ4v) is 2.11. The van der Waals surface area contributed by atoms with Crippen LogP contribution in [0.1, 0.15) is 50.2 Å². The van der Waals surface area contributed by atoms with Gasteiger partial charge in [-0.1, -0.05) is 24.9 Å². The normalized spacial score (nSPS) is 27.9. The van der Waals surface area contributed by atoms with Crippen LogP contribution in [0.3, 0.4) is 0 Å². The van der Waals surface area contributed by atoms with E-state index in [9.17, 15) is 0 Å². The number of rotatable bonds is 2. The maximum atomic E-state index is 5.61. The summed E-state index contributed by atoms with van der Waals surface area (Å²) in [5.41, 5.74) is 0. The second-order valence-electron chi connectivity index (χ2n) is 4.14. The molecule has 0 aliphatic heterocycles. The van der Waals surface area contributed by atoms with Gasteiger partial charge in [-0.2, -0.15) is 4.98 Å². The lowest BCUT2D eigenvalue weighted by molar-refractivity contribution is 0.325. The maximum Gasteiger partial charge on any atom is 0.241 e. The molecule has 0 unspecified atom stereocenters. The first-order valence-electron chi connectivity index (χ1n) is 5.18. The molecule has 1 fully saturated rings. The zero-order valence-corrected chi connectivity index (χ0v) is 9.13. The van der Waals surface area contributed by atoms with Crippen LogP contribution in [-0.2, 0) is 5.88 Å². The van der Waals surface area contributed by atoms with Crippen molar-refractivity contribution in [3.8, 4) is 0 Å². The number of aromatic nitrogens is 2. The van der Waals surface area contributed by atoms with Crippen molar-refractivity contribution in [3.63, 3.8) is 0 Å². The fraction of sp³-hybridized carbons (Fsp3) is 0.800. The summed E-state index contributed by atoms with van der Waals surface area (Å²) in [6.07, 6.45) is 4.91. The standard InChI is InChI=1S/C10H15ClN2O/c1-7-2-4-8(5-3-7)10-12-9(6-11)14-13-10/h7-8H,2-6H2,1H3. The molecule has 1 aliphatic rings. The van der Waals surface area contributed by atoms with Gasteiger partial charge in [0.15, 0.2) is 5.82 Å². The van der Waals surface area contributed by atoms with Crippen LogP contribution >= 0.6 is 11.6 Å². The molecule has 0 bridgehead atoms. The van der Waals surface area contributed by atoms with Crippen molar-refractivity contribution in [3.05, 3.63) is 11.7 Å². The van der Waals surface area contributed by atoms with Gasteiger partial charge in [-0.05, 0) is 18.8 Å². The molecule has 3 nitrogen and oxygen atoms in total. The van der Waals surface area contributed by atoms with Crippen molar-refractivity contribution in [2.75, 3.05) is 0 Å². The Bertz CT molecular complexity index is 292. The largest absolute Gasteiger partial charge is 0.338 e. The van der Waals surface area contributed by atoms with E-state index in [2.05, 4.69) is 17.1 Å². The summed E-state index contributed by atoms with van der Waals surface area (Å²) in [5, 5.41) is 3.97. The Kier molecular flexibility index (Phi) is 3.06. The van der Waals surface area contributed by atoms with Gasteiger partial charge < -0.3 is 4.52 Å². The van der Waals surface area contributed by atoms with E-state index in [-0.39, 0.29) is 0 Å². The summed E-state index contributed by atoms with van der Waals surface area (Å²) >= 11 is 5.61. The van der Waals surface area contributed by atoms with Gasteiger partial charge in [0.05, 0.1) is 0 Å². The summed E-state index contributed by atoms with van der Waals surface area (Å²) in [5.74, 6) is 3.06. The molecule has 0 N–H and O–H groups in total. The Morgan fingerprint density at radius 2 is 2.07 bits per heavy atom. The van der Waals surface area contributed by atoms with Gasteiger partial charge in [0.25, 0.3) is 0 Å². The molecule has 0 spiro atoms. The first-order chi connectivity index (χ1) is 6.79. The minimum atomic E-state index is 0.316. The number of hydrogen-bond acceptors (Lipinski definition) is 3. The van der Waals surface area contributed by atoms with Gasteiger partial charge >= 0.3 is 0 Å². The Balaban J connectivity index is 2.01.